The molecule has 2 aromatic rings. The monoisotopic (exact) mass is 463 g/mol. The quantitative estimate of drug-likeness (QED) is 0.565. The second-order valence-corrected chi connectivity index (χ2v) is 10.6. The Balaban J connectivity index is 0.000000393. The maximum atomic E-state index is 12.8. The summed E-state index contributed by atoms with van der Waals surface area (Å²) in [5.74, 6) is 0.505. The number of piperidine rings is 1. The number of hydrogen-bond donors (Lipinski definition) is 3. The summed E-state index contributed by atoms with van der Waals surface area (Å²) in [5.41, 5.74) is 1.24. The van der Waals surface area contributed by atoms with Gasteiger partial charge in [-0.2, -0.15) is 8.42 Å². The largest absolute Gasteiger partial charge is 0.504 e. The lowest BCUT2D eigenvalue weighted by Crippen LogP contribution is -2.76. The van der Waals surface area contributed by atoms with Gasteiger partial charge in [-0.3, -0.25) is 14.2 Å². The third-order valence-electron chi connectivity index (χ3n) is 7.33. The Hall–Kier alpha value is -2.40. The molecule has 1 aromatic carbocycles. The summed E-state index contributed by atoms with van der Waals surface area (Å²) in [6.45, 7) is 1.47. The van der Waals surface area contributed by atoms with Gasteiger partial charge in [0.15, 0.2) is 23.4 Å². The fraction of sp³-hybridized carbons (Fsp3) is 0.500. The number of furan rings is 1. The molecule has 3 N–H and O–H groups in total. The number of rotatable bonds is 2. The molecule has 9 nitrogen and oxygen atoms in total. The van der Waals surface area contributed by atoms with Crippen LogP contribution < -0.4 is 4.74 Å². The molecule has 0 amide bonds. The summed E-state index contributed by atoms with van der Waals surface area (Å²) in [6, 6.07) is 5.43. The minimum absolute atomic E-state index is 0.0326. The van der Waals surface area contributed by atoms with E-state index in [0.717, 1.165) is 23.2 Å². The van der Waals surface area contributed by atoms with Crippen molar-refractivity contribution >= 4 is 15.9 Å². The van der Waals surface area contributed by atoms with Gasteiger partial charge in [-0.1, -0.05) is 6.07 Å². The number of carbonyl (C=O) groups excluding carboxylic acids is 1. The van der Waals surface area contributed by atoms with Crippen LogP contribution in [0.3, 0.4) is 0 Å². The minimum atomic E-state index is -3.67. The van der Waals surface area contributed by atoms with E-state index in [4.69, 9.17) is 13.7 Å². The van der Waals surface area contributed by atoms with Gasteiger partial charge >= 0.3 is 0 Å². The fourth-order valence-corrected chi connectivity index (χ4v) is 6.22. The topological polar surface area (TPSA) is 138 Å². The van der Waals surface area contributed by atoms with Crippen molar-refractivity contribution < 1.29 is 37.1 Å². The number of phenols is 1. The van der Waals surface area contributed by atoms with Crippen LogP contribution in [0.15, 0.2) is 35.1 Å². The predicted molar refractivity (Wildman–Crippen MR) is 112 cm³/mol. The molecular formula is C22H25NO8S. The molecular weight excluding hydrogens is 438 g/mol. The van der Waals surface area contributed by atoms with Crippen LogP contribution in [0.5, 0.6) is 11.5 Å². The fourth-order valence-electron chi connectivity index (χ4n) is 6.22. The van der Waals surface area contributed by atoms with Crippen LogP contribution in [0.4, 0.5) is 0 Å². The number of aromatic hydroxyl groups is 1. The zero-order valence-electron chi connectivity index (χ0n) is 17.5. The van der Waals surface area contributed by atoms with Crippen LogP contribution in [-0.2, 0) is 33.3 Å². The average molecular weight is 464 g/mol. The zero-order chi connectivity index (χ0) is 22.9. The molecule has 1 saturated carbocycles. The molecule has 1 spiro atoms. The van der Waals surface area contributed by atoms with Gasteiger partial charge in [0, 0.05) is 36.7 Å². The van der Waals surface area contributed by atoms with Crippen molar-refractivity contribution in [2.75, 3.05) is 12.8 Å². The first kappa shape index (κ1) is 21.4. The number of benzene rings is 1. The number of carbonyl (C=O) groups is 1. The summed E-state index contributed by atoms with van der Waals surface area (Å²) in [5, 5.41) is 22.4. The van der Waals surface area contributed by atoms with Crippen molar-refractivity contribution in [3.63, 3.8) is 0 Å². The lowest BCUT2D eigenvalue weighted by molar-refractivity contribution is -0.189. The predicted octanol–water partition coefficient (Wildman–Crippen LogP) is 1.41. The average Bonchev–Trinajstić information content (AvgIpc) is 3.32. The van der Waals surface area contributed by atoms with Crippen LogP contribution in [0.2, 0.25) is 0 Å². The van der Waals surface area contributed by atoms with E-state index in [2.05, 4.69) is 4.90 Å². The van der Waals surface area contributed by atoms with Gasteiger partial charge in [0.1, 0.15) is 0 Å². The highest BCUT2D eigenvalue weighted by molar-refractivity contribution is 7.85. The molecule has 0 unspecified atom stereocenters. The smallest absolute Gasteiger partial charge is 0.261 e. The van der Waals surface area contributed by atoms with Gasteiger partial charge in [0.05, 0.1) is 29.8 Å². The number of Topliss-reactive ketones (excluding diaryl/α,β-unsaturated/α-hetero) is 1. The van der Waals surface area contributed by atoms with Crippen molar-refractivity contribution in [1.82, 2.24) is 4.90 Å². The Labute approximate surface area is 185 Å². The molecule has 172 valence electrons. The SMILES string of the molecule is CS(=O)(=O)O.O=C1CC[C@@]2(O)[C@H]3Cc4ccc(O)c5c4[C@@]2(CCN3Cc2ccoc2)[C@H]1O5. The molecule has 2 aliphatic carbocycles. The maximum absolute atomic E-state index is 12.8. The van der Waals surface area contributed by atoms with E-state index in [-0.39, 0.29) is 17.6 Å². The zero-order valence-corrected chi connectivity index (χ0v) is 18.3. The van der Waals surface area contributed by atoms with Crippen molar-refractivity contribution in [2.24, 2.45) is 0 Å². The molecule has 2 aliphatic heterocycles. The lowest BCUT2D eigenvalue weighted by atomic mass is 9.49. The van der Waals surface area contributed by atoms with Crippen LogP contribution in [0.1, 0.15) is 36.0 Å². The van der Waals surface area contributed by atoms with Crippen molar-refractivity contribution in [3.05, 3.63) is 47.4 Å². The lowest BCUT2D eigenvalue weighted by Gasteiger charge is -2.62. The summed E-state index contributed by atoms with van der Waals surface area (Å²) in [7, 11) is -3.67. The molecule has 4 atom stereocenters. The first-order valence-electron chi connectivity index (χ1n) is 10.5. The van der Waals surface area contributed by atoms with Gasteiger partial charge in [-0.25, -0.2) is 0 Å². The van der Waals surface area contributed by atoms with Gasteiger partial charge in [-0.05, 0) is 37.0 Å². The van der Waals surface area contributed by atoms with Crippen molar-refractivity contribution in [1.29, 1.82) is 0 Å². The Morgan fingerprint density at radius 2 is 2.00 bits per heavy atom. The van der Waals surface area contributed by atoms with E-state index >= 15 is 0 Å². The number of likely N-dealkylation sites (tertiary alicyclic amines) is 1. The summed E-state index contributed by atoms with van der Waals surface area (Å²) >= 11 is 0. The first-order valence-corrected chi connectivity index (χ1v) is 12.3. The van der Waals surface area contributed by atoms with E-state index < -0.39 is 27.2 Å². The highest BCUT2D eigenvalue weighted by Crippen LogP contribution is 2.64. The molecule has 0 radical (unpaired) electrons. The number of nitrogens with zero attached hydrogens (tertiary/aromatic N) is 1. The summed E-state index contributed by atoms with van der Waals surface area (Å²) < 4.78 is 37.1. The number of phenolic OH excluding ortho intramolecular Hbond substituents is 1. The number of ether oxygens (including phenoxy) is 1. The van der Waals surface area contributed by atoms with Crippen LogP contribution in [-0.4, -0.2) is 64.4 Å². The normalized spacial score (nSPS) is 32.5. The van der Waals surface area contributed by atoms with E-state index in [1.54, 1.807) is 18.6 Å². The third-order valence-corrected chi connectivity index (χ3v) is 7.33. The Morgan fingerprint density at radius 1 is 1.25 bits per heavy atom. The van der Waals surface area contributed by atoms with Gasteiger partial charge < -0.3 is 19.4 Å². The third kappa shape index (κ3) is 3.01. The molecule has 6 rings (SSSR count). The minimum Gasteiger partial charge on any atom is -0.504 e. The highest BCUT2D eigenvalue weighted by Gasteiger charge is 2.73. The van der Waals surface area contributed by atoms with Crippen LogP contribution in [0.25, 0.3) is 0 Å². The molecule has 3 heterocycles. The second kappa shape index (κ2) is 7.05. The molecule has 1 saturated heterocycles. The Morgan fingerprint density at radius 3 is 2.69 bits per heavy atom. The first-order chi connectivity index (χ1) is 15.0. The van der Waals surface area contributed by atoms with E-state index in [0.29, 0.717) is 44.2 Å². The molecule has 10 heteroatoms. The van der Waals surface area contributed by atoms with Crippen molar-refractivity contribution in [3.8, 4) is 11.5 Å². The number of aliphatic hydroxyl groups is 1. The van der Waals surface area contributed by atoms with Gasteiger partial charge in [0.25, 0.3) is 10.1 Å². The van der Waals surface area contributed by atoms with Crippen molar-refractivity contribution in [2.45, 2.75) is 55.4 Å². The summed E-state index contributed by atoms with van der Waals surface area (Å²) in [4.78, 5) is 15.1. The van der Waals surface area contributed by atoms with E-state index in [1.165, 1.54) is 0 Å². The van der Waals surface area contributed by atoms with E-state index in [1.807, 2.05) is 12.1 Å². The van der Waals surface area contributed by atoms with Crippen LogP contribution >= 0.6 is 0 Å². The van der Waals surface area contributed by atoms with Gasteiger partial charge in [-0.15, -0.1) is 0 Å². The van der Waals surface area contributed by atoms with Crippen LogP contribution in [0, 0.1) is 0 Å². The maximum Gasteiger partial charge on any atom is 0.261 e. The second-order valence-electron chi connectivity index (χ2n) is 9.11. The standard InChI is InChI=1S/C21H21NO5.CH4O3S/c23-14-2-1-13-9-16-21(25)5-3-15(24)19-20(21,17(13)18(14)27-19)6-7-22(16)10-12-4-8-26-11-12;1-5(2,3)4/h1-2,4,8,11,16,19,23,25H,3,5-7,9-10H2;1H3,(H,2,3,4)/t16-,19+,20+,21-;/m1./s1. The number of hydrogen-bond acceptors (Lipinski definition) is 8. The molecule has 4 aliphatic rings. The van der Waals surface area contributed by atoms with Gasteiger partial charge in [0.2, 0.25) is 0 Å². The molecule has 32 heavy (non-hydrogen) atoms. The van der Waals surface area contributed by atoms with E-state index in [9.17, 15) is 23.4 Å². The molecule has 1 aromatic heterocycles. The Kier molecular flexibility index (Phi) is 4.72. The molecule has 2 fully saturated rings. The Bertz CT molecular complexity index is 1170. The summed E-state index contributed by atoms with van der Waals surface area (Å²) in [6.07, 6.45) is 5.49. The number of ketones is 1. The highest BCUT2D eigenvalue weighted by atomic mass is 32.2. The molecule has 2 bridgehead atoms.